The molecule has 1 aromatic carbocycles. The lowest BCUT2D eigenvalue weighted by Gasteiger charge is -2.12. The molecule has 0 fully saturated rings. The zero-order valence-corrected chi connectivity index (χ0v) is 9.64. The SMILES string of the molecule is O=COCc1ccc(CBr)c(C(F)(F)F)c1. The van der Waals surface area contributed by atoms with E-state index in [1.807, 2.05) is 0 Å². The first-order chi connectivity index (χ1) is 7.49. The number of alkyl halides is 4. The summed E-state index contributed by atoms with van der Waals surface area (Å²) >= 11 is 2.99. The molecule has 0 saturated heterocycles. The summed E-state index contributed by atoms with van der Waals surface area (Å²) in [6.07, 6.45) is -4.40. The van der Waals surface area contributed by atoms with Crippen LogP contribution >= 0.6 is 15.9 Å². The van der Waals surface area contributed by atoms with Crippen LogP contribution in [0.15, 0.2) is 18.2 Å². The molecule has 0 amide bonds. The van der Waals surface area contributed by atoms with E-state index in [4.69, 9.17) is 0 Å². The maximum atomic E-state index is 12.6. The molecule has 0 radical (unpaired) electrons. The molecular weight excluding hydrogens is 289 g/mol. The molecule has 0 aliphatic heterocycles. The Hall–Kier alpha value is -1.04. The van der Waals surface area contributed by atoms with Crippen LogP contribution in [0, 0.1) is 0 Å². The fourth-order valence-corrected chi connectivity index (χ4v) is 1.71. The molecule has 0 aromatic heterocycles. The number of carbonyl (C=O) groups excluding carboxylic acids is 1. The molecular formula is C10H8BrF3O2. The highest BCUT2D eigenvalue weighted by atomic mass is 79.9. The predicted molar refractivity (Wildman–Crippen MR) is 54.9 cm³/mol. The van der Waals surface area contributed by atoms with Crippen LogP contribution in [-0.2, 0) is 27.6 Å². The summed E-state index contributed by atoms with van der Waals surface area (Å²) in [7, 11) is 0. The van der Waals surface area contributed by atoms with Gasteiger partial charge in [-0.2, -0.15) is 13.2 Å². The number of ether oxygens (including phenoxy) is 1. The van der Waals surface area contributed by atoms with E-state index in [-0.39, 0.29) is 24.0 Å². The summed E-state index contributed by atoms with van der Waals surface area (Å²) < 4.78 is 42.2. The van der Waals surface area contributed by atoms with Crippen molar-refractivity contribution in [1.82, 2.24) is 0 Å². The van der Waals surface area contributed by atoms with Gasteiger partial charge in [0.1, 0.15) is 6.61 Å². The molecule has 0 bridgehead atoms. The summed E-state index contributed by atoms with van der Waals surface area (Å²) in [5.74, 6) is 0. The smallest absolute Gasteiger partial charge is 0.416 e. The zero-order valence-electron chi connectivity index (χ0n) is 8.05. The average Bonchev–Trinajstić information content (AvgIpc) is 2.24. The molecule has 0 spiro atoms. The topological polar surface area (TPSA) is 26.3 Å². The van der Waals surface area contributed by atoms with Crippen molar-refractivity contribution in [3.05, 3.63) is 34.9 Å². The molecule has 2 nitrogen and oxygen atoms in total. The molecule has 0 aliphatic rings. The minimum absolute atomic E-state index is 0.122. The molecule has 0 saturated carbocycles. The van der Waals surface area contributed by atoms with E-state index >= 15 is 0 Å². The van der Waals surface area contributed by atoms with Gasteiger partial charge in [-0.3, -0.25) is 4.79 Å². The Morgan fingerprint density at radius 1 is 1.38 bits per heavy atom. The monoisotopic (exact) mass is 296 g/mol. The third kappa shape index (κ3) is 3.23. The first-order valence-electron chi connectivity index (χ1n) is 4.29. The minimum Gasteiger partial charge on any atom is -0.463 e. The Kier molecular flexibility index (Phi) is 4.35. The Labute approximate surface area is 98.5 Å². The number of hydrogen-bond donors (Lipinski definition) is 0. The number of hydrogen-bond acceptors (Lipinski definition) is 2. The normalized spacial score (nSPS) is 11.2. The van der Waals surface area contributed by atoms with E-state index < -0.39 is 11.7 Å². The van der Waals surface area contributed by atoms with E-state index in [9.17, 15) is 18.0 Å². The fraction of sp³-hybridized carbons (Fsp3) is 0.300. The van der Waals surface area contributed by atoms with E-state index in [0.29, 0.717) is 5.56 Å². The van der Waals surface area contributed by atoms with Crippen molar-refractivity contribution in [3.63, 3.8) is 0 Å². The van der Waals surface area contributed by atoms with Gasteiger partial charge in [-0.1, -0.05) is 28.1 Å². The molecule has 0 unspecified atom stereocenters. The first-order valence-corrected chi connectivity index (χ1v) is 5.41. The quantitative estimate of drug-likeness (QED) is 0.630. The molecule has 1 rings (SSSR count). The molecule has 0 heterocycles. The van der Waals surface area contributed by atoms with Crippen LogP contribution in [0.3, 0.4) is 0 Å². The number of benzene rings is 1. The third-order valence-corrected chi connectivity index (χ3v) is 2.55. The van der Waals surface area contributed by atoms with Crippen molar-refractivity contribution in [1.29, 1.82) is 0 Å². The van der Waals surface area contributed by atoms with Gasteiger partial charge >= 0.3 is 6.18 Å². The Bertz CT molecular complexity index is 377. The van der Waals surface area contributed by atoms with Gasteiger partial charge < -0.3 is 4.74 Å². The van der Waals surface area contributed by atoms with Crippen molar-refractivity contribution in [2.24, 2.45) is 0 Å². The van der Waals surface area contributed by atoms with E-state index in [0.717, 1.165) is 6.07 Å². The molecule has 6 heteroatoms. The highest BCUT2D eigenvalue weighted by Crippen LogP contribution is 2.33. The predicted octanol–water partition coefficient (Wildman–Crippen LogP) is 3.27. The highest BCUT2D eigenvalue weighted by Gasteiger charge is 2.33. The fourth-order valence-electron chi connectivity index (χ4n) is 1.22. The van der Waals surface area contributed by atoms with Crippen molar-refractivity contribution in [2.75, 3.05) is 0 Å². The standard InChI is InChI=1S/C10H8BrF3O2/c11-4-8-2-1-7(5-16-6-15)3-9(8)10(12,13)14/h1-3,6H,4-5H2. The Morgan fingerprint density at radius 2 is 2.06 bits per heavy atom. The van der Waals surface area contributed by atoms with Crippen molar-refractivity contribution in [3.8, 4) is 0 Å². The number of rotatable bonds is 4. The van der Waals surface area contributed by atoms with Crippen molar-refractivity contribution < 1.29 is 22.7 Å². The van der Waals surface area contributed by atoms with Gasteiger partial charge in [0.15, 0.2) is 0 Å². The Morgan fingerprint density at radius 3 is 2.56 bits per heavy atom. The zero-order chi connectivity index (χ0) is 12.2. The maximum absolute atomic E-state index is 12.6. The lowest BCUT2D eigenvalue weighted by molar-refractivity contribution is -0.138. The van der Waals surface area contributed by atoms with Gasteiger partial charge in [0.2, 0.25) is 0 Å². The third-order valence-electron chi connectivity index (χ3n) is 1.94. The van der Waals surface area contributed by atoms with Crippen LogP contribution < -0.4 is 0 Å². The first kappa shape index (κ1) is 13.0. The second kappa shape index (κ2) is 5.34. The van der Waals surface area contributed by atoms with Crippen LogP contribution in [0.4, 0.5) is 13.2 Å². The van der Waals surface area contributed by atoms with Gasteiger partial charge in [0, 0.05) is 5.33 Å². The van der Waals surface area contributed by atoms with Gasteiger partial charge in [-0.25, -0.2) is 0 Å². The van der Waals surface area contributed by atoms with E-state index in [1.165, 1.54) is 12.1 Å². The van der Waals surface area contributed by atoms with Crippen LogP contribution in [0.5, 0.6) is 0 Å². The van der Waals surface area contributed by atoms with Crippen molar-refractivity contribution >= 4 is 22.4 Å². The van der Waals surface area contributed by atoms with Crippen molar-refractivity contribution in [2.45, 2.75) is 18.1 Å². The molecule has 88 valence electrons. The lowest BCUT2D eigenvalue weighted by atomic mass is 10.1. The van der Waals surface area contributed by atoms with E-state index in [1.54, 1.807) is 0 Å². The minimum atomic E-state index is -4.40. The summed E-state index contributed by atoms with van der Waals surface area (Å²) in [5, 5.41) is 0.122. The van der Waals surface area contributed by atoms with Gasteiger partial charge in [0.05, 0.1) is 5.56 Å². The van der Waals surface area contributed by atoms with E-state index in [2.05, 4.69) is 20.7 Å². The average molecular weight is 297 g/mol. The molecule has 0 aliphatic carbocycles. The molecule has 1 aromatic rings. The summed E-state index contributed by atoms with van der Waals surface area (Å²) in [6.45, 7) is 0.0425. The maximum Gasteiger partial charge on any atom is 0.416 e. The second-order valence-electron chi connectivity index (χ2n) is 3.03. The molecule has 16 heavy (non-hydrogen) atoms. The summed E-state index contributed by atoms with van der Waals surface area (Å²) in [4.78, 5) is 9.93. The largest absolute Gasteiger partial charge is 0.463 e. The summed E-state index contributed by atoms with van der Waals surface area (Å²) in [6, 6.07) is 3.84. The van der Waals surface area contributed by atoms with Gasteiger partial charge in [0.25, 0.3) is 6.47 Å². The molecule has 0 N–H and O–H groups in total. The van der Waals surface area contributed by atoms with Crippen LogP contribution in [0.1, 0.15) is 16.7 Å². The number of carbonyl (C=O) groups is 1. The highest BCUT2D eigenvalue weighted by molar-refractivity contribution is 9.08. The van der Waals surface area contributed by atoms with Crippen LogP contribution in [0.2, 0.25) is 0 Å². The Balaban J connectivity index is 3.06. The van der Waals surface area contributed by atoms with Crippen LogP contribution in [0.25, 0.3) is 0 Å². The van der Waals surface area contributed by atoms with Gasteiger partial charge in [-0.15, -0.1) is 0 Å². The summed E-state index contributed by atoms with van der Waals surface area (Å²) in [5.41, 5.74) is -0.247. The second-order valence-corrected chi connectivity index (χ2v) is 3.59. The lowest BCUT2D eigenvalue weighted by Crippen LogP contribution is -2.09. The van der Waals surface area contributed by atoms with Gasteiger partial charge in [-0.05, 0) is 17.2 Å². The number of halogens is 4. The van der Waals surface area contributed by atoms with Crippen LogP contribution in [-0.4, -0.2) is 6.47 Å². The molecule has 0 atom stereocenters.